The number of carbonyl (C=O) groups is 6. The van der Waals surface area contributed by atoms with Gasteiger partial charge in [0.2, 0.25) is 18.0 Å². The number of aromatic nitrogens is 1. The van der Waals surface area contributed by atoms with Gasteiger partial charge >= 0.3 is 32.1 Å². The number of fused-ring (bicyclic) bond motifs is 5. The van der Waals surface area contributed by atoms with E-state index in [4.69, 9.17) is 19.4 Å². The van der Waals surface area contributed by atoms with Gasteiger partial charge in [0.15, 0.2) is 11.3 Å². The number of pyridine rings is 1. The second kappa shape index (κ2) is 16.6. The first-order chi connectivity index (χ1) is 26.7. The van der Waals surface area contributed by atoms with Crippen molar-refractivity contribution in [3.8, 4) is 5.75 Å². The Morgan fingerprint density at radius 3 is 2.46 bits per heavy atom. The average molecular weight is 829 g/mol. The Labute approximate surface area is 319 Å². The molecule has 1 spiro atoms. The van der Waals surface area contributed by atoms with E-state index in [1.807, 2.05) is 0 Å². The zero-order valence-corrected chi connectivity index (χ0v) is 30.8. The Balaban J connectivity index is 1.54. The fourth-order valence-electron chi connectivity index (χ4n) is 6.56. The van der Waals surface area contributed by atoms with E-state index in [-0.39, 0.29) is 23.4 Å². The maximum absolute atomic E-state index is 14.4. The SMILES string of the molecule is CC1=NO[C@@]2(CC[C@H](C)N3C[C@H]2n2cc(C(=O)NCc4ccc(F)cc4F)c(=O)c(OC(=O)N(CCN(C(=O)O)C(=O)OCOP(=O)(O)O)CC(=O)O)c2C3=O)C1. The largest absolute Gasteiger partial charge is 0.480 e. The lowest BCUT2D eigenvalue weighted by Gasteiger charge is -2.42. The van der Waals surface area contributed by atoms with Gasteiger partial charge in [0.05, 0.1) is 18.3 Å². The Kier molecular flexibility index (Phi) is 12.3. The number of halogens is 2. The minimum atomic E-state index is -5.14. The molecular formula is C32H35F2N6O16P. The number of ether oxygens (including phenoxy) is 2. The van der Waals surface area contributed by atoms with Crippen molar-refractivity contribution in [3.63, 3.8) is 0 Å². The summed E-state index contributed by atoms with van der Waals surface area (Å²) in [6.07, 6.45) is -3.37. The number of hydrogen-bond acceptors (Lipinski definition) is 13. The zero-order chi connectivity index (χ0) is 42.0. The van der Waals surface area contributed by atoms with Crippen molar-refractivity contribution >= 4 is 49.6 Å². The first kappa shape index (κ1) is 42.2. The van der Waals surface area contributed by atoms with Gasteiger partial charge in [-0.2, -0.15) is 0 Å². The van der Waals surface area contributed by atoms with Gasteiger partial charge in [-0.1, -0.05) is 11.2 Å². The third kappa shape index (κ3) is 9.36. The lowest BCUT2D eigenvalue weighted by Crippen LogP contribution is -2.53. The normalized spacial score (nSPS) is 19.8. The monoisotopic (exact) mass is 828 g/mol. The number of rotatable bonds is 12. The quantitative estimate of drug-likeness (QED) is 0.151. The molecule has 0 saturated carbocycles. The summed E-state index contributed by atoms with van der Waals surface area (Å²) in [6, 6.07) is 1.25. The Hall–Kier alpha value is -5.97. The highest BCUT2D eigenvalue weighted by atomic mass is 31.2. The maximum Gasteiger partial charge on any atom is 0.472 e. The van der Waals surface area contributed by atoms with Crippen LogP contribution in [0.1, 0.15) is 65.6 Å². The molecule has 0 radical (unpaired) electrons. The second-order valence-corrected chi connectivity index (χ2v) is 14.4. The van der Waals surface area contributed by atoms with E-state index >= 15 is 0 Å². The number of benzene rings is 1. The number of phosphoric acid groups is 1. The fraction of sp³-hybridized carbons (Fsp3) is 0.438. The number of carboxylic acid groups (broad SMARTS) is 2. The first-order valence-electron chi connectivity index (χ1n) is 16.8. The predicted molar refractivity (Wildman–Crippen MR) is 183 cm³/mol. The van der Waals surface area contributed by atoms with Gasteiger partial charge in [-0.05, 0) is 32.8 Å². The summed E-state index contributed by atoms with van der Waals surface area (Å²) in [6.45, 7) is -1.73. The van der Waals surface area contributed by atoms with Crippen LogP contribution in [0.25, 0.3) is 0 Å². The van der Waals surface area contributed by atoms with Crippen molar-refractivity contribution in [1.82, 2.24) is 24.6 Å². The van der Waals surface area contributed by atoms with Crippen LogP contribution in [0.4, 0.5) is 23.2 Å². The van der Waals surface area contributed by atoms with E-state index in [1.54, 1.807) is 13.8 Å². The highest BCUT2D eigenvalue weighted by Crippen LogP contribution is 2.46. The molecular weight excluding hydrogens is 793 g/mol. The third-order valence-electron chi connectivity index (χ3n) is 9.35. The van der Waals surface area contributed by atoms with E-state index in [0.717, 1.165) is 18.3 Å². The molecule has 22 nitrogen and oxygen atoms in total. The number of nitrogens with one attached hydrogen (secondary N) is 1. The van der Waals surface area contributed by atoms with Crippen molar-refractivity contribution < 1.29 is 80.9 Å². The molecule has 4 heterocycles. The van der Waals surface area contributed by atoms with E-state index in [1.165, 1.54) is 9.47 Å². The van der Waals surface area contributed by atoms with Gasteiger partial charge in [-0.3, -0.25) is 24.1 Å². The molecule has 5 amide bonds. The van der Waals surface area contributed by atoms with E-state index < -0.39 is 129 Å². The molecule has 308 valence electrons. The highest BCUT2D eigenvalue weighted by molar-refractivity contribution is 7.46. The second-order valence-electron chi connectivity index (χ2n) is 13.2. The van der Waals surface area contributed by atoms with Crippen LogP contribution in [-0.4, -0.2) is 126 Å². The molecule has 2 aromatic rings. The van der Waals surface area contributed by atoms with Gasteiger partial charge < -0.3 is 49.1 Å². The molecule has 0 unspecified atom stereocenters. The summed E-state index contributed by atoms with van der Waals surface area (Å²) < 4.78 is 53.7. The Bertz CT molecular complexity index is 2140. The van der Waals surface area contributed by atoms with Crippen LogP contribution in [0.15, 0.2) is 34.3 Å². The third-order valence-corrected chi connectivity index (χ3v) is 9.79. The minimum absolute atomic E-state index is 0.0145. The minimum Gasteiger partial charge on any atom is -0.480 e. The van der Waals surface area contributed by atoms with Crippen LogP contribution in [0.3, 0.4) is 0 Å². The number of aliphatic carboxylic acids is 1. The predicted octanol–water partition coefficient (Wildman–Crippen LogP) is 1.84. The standard InChI is InChI=1S/C32H35F2N6O16P/c1-16-10-32(56-36-16)6-5-17(2)39-13-22(32)40-12-20(27(44)35-11-18-3-4-19(33)9-21(18)34)25(43)26(24(40)28(39)45)55-30(48)37(14-23(41)42)7-8-38(29(46)47)31(49)53-15-54-57(50,51)52/h3-4,9,12,17,22H,5-8,10-11,13-15H2,1-2H3,(H,35,44)(H,41,42)(H,46,47)(H2,50,51,52)/t17-,22+,32-/m0/s1. The molecule has 5 N–H and O–H groups in total. The van der Waals surface area contributed by atoms with Gasteiger partial charge in [-0.15, -0.1) is 0 Å². The van der Waals surface area contributed by atoms with Crippen LogP contribution in [-0.2, 0) is 30.0 Å². The number of nitrogens with zero attached hydrogens (tertiary/aromatic N) is 5. The first-order valence-corrected chi connectivity index (χ1v) is 18.3. The maximum atomic E-state index is 14.4. The molecule has 0 aliphatic carbocycles. The van der Waals surface area contributed by atoms with Crippen LogP contribution in [0, 0.1) is 11.6 Å². The lowest BCUT2D eigenvalue weighted by molar-refractivity contribution is -0.137. The molecule has 1 fully saturated rings. The van der Waals surface area contributed by atoms with Gasteiger partial charge in [0.25, 0.3) is 11.8 Å². The highest BCUT2D eigenvalue weighted by Gasteiger charge is 2.54. The van der Waals surface area contributed by atoms with Crippen molar-refractivity contribution in [2.75, 3.05) is 33.0 Å². The molecule has 1 aromatic heterocycles. The van der Waals surface area contributed by atoms with Gasteiger partial charge in [0.1, 0.15) is 23.7 Å². The molecule has 3 atom stereocenters. The number of carbonyl (C=O) groups excluding carboxylic acids is 4. The lowest BCUT2D eigenvalue weighted by atomic mass is 9.84. The van der Waals surface area contributed by atoms with Crippen molar-refractivity contribution in [3.05, 3.63) is 63.1 Å². The van der Waals surface area contributed by atoms with Crippen LogP contribution >= 0.6 is 7.82 Å². The molecule has 2 bridgehead atoms. The molecule has 25 heteroatoms. The van der Waals surface area contributed by atoms with E-state index in [9.17, 15) is 57.1 Å². The van der Waals surface area contributed by atoms with Crippen molar-refractivity contribution in [2.45, 2.75) is 57.3 Å². The summed E-state index contributed by atoms with van der Waals surface area (Å²) >= 11 is 0. The zero-order valence-electron chi connectivity index (χ0n) is 30.0. The number of carboxylic acids is 1. The summed E-state index contributed by atoms with van der Waals surface area (Å²) in [4.78, 5) is 117. The average Bonchev–Trinajstić information content (AvgIpc) is 3.45. The number of oxime groups is 1. The Morgan fingerprint density at radius 1 is 1.12 bits per heavy atom. The number of imide groups is 1. The molecule has 1 aromatic carbocycles. The van der Waals surface area contributed by atoms with Crippen LogP contribution < -0.4 is 15.5 Å². The van der Waals surface area contributed by atoms with Gasteiger partial charge in [0, 0.05) is 49.9 Å². The smallest absolute Gasteiger partial charge is 0.472 e. The van der Waals surface area contributed by atoms with E-state index in [2.05, 4.69) is 19.7 Å². The summed E-state index contributed by atoms with van der Waals surface area (Å²) in [5, 5.41) is 25.5. The number of amides is 5. The summed E-state index contributed by atoms with van der Waals surface area (Å²) in [7, 11) is -5.14. The summed E-state index contributed by atoms with van der Waals surface area (Å²) in [5.74, 6) is -6.61. The van der Waals surface area contributed by atoms with Crippen LogP contribution in [0.2, 0.25) is 0 Å². The topological polar surface area (TPSA) is 293 Å². The van der Waals surface area contributed by atoms with Crippen molar-refractivity contribution in [1.29, 1.82) is 0 Å². The summed E-state index contributed by atoms with van der Waals surface area (Å²) in [5.41, 5.74) is -3.30. The molecule has 3 aliphatic rings. The van der Waals surface area contributed by atoms with E-state index in [0.29, 0.717) is 29.5 Å². The number of phosphoric ester groups is 1. The molecule has 3 aliphatic heterocycles. The van der Waals surface area contributed by atoms with Crippen LogP contribution in [0.5, 0.6) is 5.75 Å². The Morgan fingerprint density at radius 2 is 1.84 bits per heavy atom. The molecule has 5 rings (SSSR count). The van der Waals surface area contributed by atoms with Gasteiger partial charge in [-0.25, -0.2) is 37.2 Å². The van der Waals surface area contributed by atoms with Crippen molar-refractivity contribution in [2.24, 2.45) is 5.16 Å². The number of hydrogen-bond donors (Lipinski definition) is 5. The molecule has 1 saturated heterocycles. The molecule has 57 heavy (non-hydrogen) atoms. The fourth-order valence-corrected chi connectivity index (χ4v) is 6.75.